The molecular formula is C10H10N8O2. The normalized spacial score (nSPS) is 11.3. The van der Waals surface area contributed by atoms with Crippen molar-refractivity contribution in [2.75, 3.05) is 0 Å². The van der Waals surface area contributed by atoms with Crippen LogP contribution in [-0.4, -0.2) is 39.9 Å². The molecule has 0 spiro atoms. The van der Waals surface area contributed by atoms with Gasteiger partial charge in [-0.05, 0) is 10.4 Å². The Hall–Kier alpha value is -3.04. The summed E-state index contributed by atoms with van der Waals surface area (Å²) in [4.78, 5) is 19.8. The summed E-state index contributed by atoms with van der Waals surface area (Å²) in [6.07, 6.45) is 4.25. The molecule has 3 heterocycles. The number of nitrogens with zero attached hydrogens (tertiary/aromatic N) is 7. The van der Waals surface area contributed by atoms with Crippen LogP contribution < -0.4 is 10.4 Å². The number of aryl methyl sites for hydroxylation is 1. The van der Waals surface area contributed by atoms with Crippen molar-refractivity contribution in [3.05, 3.63) is 40.8 Å². The van der Waals surface area contributed by atoms with Crippen molar-refractivity contribution in [1.29, 1.82) is 0 Å². The van der Waals surface area contributed by atoms with E-state index in [1.54, 1.807) is 6.07 Å². The van der Waals surface area contributed by atoms with Crippen LogP contribution in [-0.2, 0) is 13.7 Å². The number of hydrogen-bond donors (Lipinski definition) is 1. The monoisotopic (exact) mass is 276 g/mol. The molecule has 0 bridgehead atoms. The molecule has 10 heteroatoms. The van der Waals surface area contributed by atoms with Crippen LogP contribution in [0.2, 0.25) is 1.41 Å². The van der Waals surface area contributed by atoms with Crippen LogP contribution in [0.5, 0.6) is 5.88 Å². The van der Waals surface area contributed by atoms with Gasteiger partial charge in [0.1, 0.15) is 12.9 Å². The minimum Gasteiger partial charge on any atom is -0.472 e. The van der Waals surface area contributed by atoms with Crippen molar-refractivity contribution >= 4 is 0 Å². The van der Waals surface area contributed by atoms with Crippen LogP contribution in [0.1, 0.15) is 5.56 Å². The van der Waals surface area contributed by atoms with Gasteiger partial charge in [0, 0.05) is 25.5 Å². The summed E-state index contributed by atoms with van der Waals surface area (Å²) in [5.74, 6) is 0.569. The molecule has 0 aliphatic rings. The third-order valence-electron chi connectivity index (χ3n) is 2.50. The van der Waals surface area contributed by atoms with E-state index in [2.05, 4.69) is 25.5 Å². The second-order valence-electron chi connectivity index (χ2n) is 3.83. The van der Waals surface area contributed by atoms with Gasteiger partial charge in [0.15, 0.2) is 7.23 Å². The van der Waals surface area contributed by atoms with Gasteiger partial charge in [-0.3, -0.25) is 5.09 Å². The molecule has 3 aromatic rings. The Morgan fingerprint density at radius 3 is 3.10 bits per heavy atom. The van der Waals surface area contributed by atoms with E-state index < -0.39 is 5.69 Å². The van der Waals surface area contributed by atoms with Crippen molar-refractivity contribution in [2.24, 2.45) is 7.05 Å². The molecule has 1 N–H and O–H groups in total. The van der Waals surface area contributed by atoms with Crippen LogP contribution in [0.25, 0.3) is 5.82 Å². The summed E-state index contributed by atoms with van der Waals surface area (Å²) in [5.41, 5.74) is 0.116. The van der Waals surface area contributed by atoms with Gasteiger partial charge in [-0.25, -0.2) is 14.8 Å². The smallest absolute Gasteiger partial charge is 0.369 e. The maximum atomic E-state index is 11.9. The Kier molecular flexibility index (Phi) is 2.66. The quantitative estimate of drug-likeness (QED) is 0.653. The number of rotatable bonds is 4. The lowest BCUT2D eigenvalue weighted by atomic mass is 10.3. The van der Waals surface area contributed by atoms with Crippen molar-refractivity contribution in [1.82, 2.24) is 39.9 Å². The van der Waals surface area contributed by atoms with Crippen LogP contribution in [0.15, 0.2) is 29.6 Å². The van der Waals surface area contributed by atoms with E-state index in [0.29, 0.717) is 5.56 Å². The van der Waals surface area contributed by atoms with Gasteiger partial charge >= 0.3 is 5.69 Å². The first-order chi connectivity index (χ1) is 10.1. The number of ether oxygens (including phenoxy) is 1. The second-order valence-corrected chi connectivity index (χ2v) is 3.83. The lowest BCUT2D eigenvalue weighted by Crippen LogP contribution is -2.24. The minimum absolute atomic E-state index is 0.0796. The SMILES string of the molecule is [3H]n1ccc(OCc2cncnc2-n2nnn(C)c2=O)n1. The van der Waals surface area contributed by atoms with Gasteiger partial charge in [-0.15, -0.1) is 9.78 Å². The van der Waals surface area contributed by atoms with E-state index in [1.807, 2.05) is 0 Å². The Morgan fingerprint density at radius 1 is 1.50 bits per heavy atom. The summed E-state index contributed by atoms with van der Waals surface area (Å²) in [6, 6.07) is 1.55. The van der Waals surface area contributed by atoms with Gasteiger partial charge < -0.3 is 4.74 Å². The third kappa shape index (κ3) is 2.13. The molecule has 0 saturated heterocycles. The highest BCUT2D eigenvalue weighted by molar-refractivity contribution is 5.29. The fourth-order valence-corrected chi connectivity index (χ4v) is 1.54. The molecule has 3 aromatic heterocycles. The van der Waals surface area contributed by atoms with Crippen LogP contribution in [0.3, 0.4) is 0 Å². The van der Waals surface area contributed by atoms with E-state index in [1.165, 1.54) is 25.8 Å². The molecule has 102 valence electrons. The Balaban J connectivity index is 1.89. The van der Waals surface area contributed by atoms with Gasteiger partial charge in [0.05, 0.1) is 5.56 Å². The predicted molar refractivity (Wildman–Crippen MR) is 65.1 cm³/mol. The van der Waals surface area contributed by atoms with Crippen LogP contribution in [0, 0.1) is 0 Å². The van der Waals surface area contributed by atoms with Crippen molar-refractivity contribution in [3.63, 3.8) is 0 Å². The topological polar surface area (TPSA) is 116 Å². The highest BCUT2D eigenvalue weighted by Crippen LogP contribution is 2.11. The Labute approximate surface area is 113 Å². The van der Waals surface area contributed by atoms with Crippen molar-refractivity contribution in [2.45, 2.75) is 6.61 Å². The molecule has 0 aliphatic carbocycles. The van der Waals surface area contributed by atoms with E-state index in [0.717, 1.165) is 14.5 Å². The summed E-state index contributed by atoms with van der Waals surface area (Å²) in [6.45, 7) is 0.0796. The van der Waals surface area contributed by atoms with Crippen molar-refractivity contribution in [3.8, 4) is 11.7 Å². The molecule has 20 heavy (non-hydrogen) atoms. The standard InChI is InChI=1S/C10H10N8O2/c1-17-10(19)18(16-15-17)9-7(4-11-6-12-9)5-20-8-2-3-13-14-8/h2-4,6H,5H2,1H3,(H,13,14)/i/hT. The summed E-state index contributed by atoms with van der Waals surface area (Å²) in [7, 11) is 1.49. The Bertz CT molecular complexity index is 822. The zero-order valence-electron chi connectivity index (χ0n) is 11.4. The molecule has 3 rings (SSSR count). The minimum atomic E-state index is -0.426. The van der Waals surface area contributed by atoms with E-state index in [-0.39, 0.29) is 18.3 Å². The van der Waals surface area contributed by atoms with Gasteiger partial charge in [-0.1, -0.05) is 0 Å². The maximum absolute atomic E-state index is 11.9. The fourth-order valence-electron chi connectivity index (χ4n) is 1.54. The van der Waals surface area contributed by atoms with E-state index in [9.17, 15) is 4.79 Å². The van der Waals surface area contributed by atoms with Gasteiger partial charge in [-0.2, -0.15) is 4.68 Å². The molecule has 0 aromatic carbocycles. The van der Waals surface area contributed by atoms with Gasteiger partial charge in [0.25, 0.3) is 0 Å². The maximum Gasteiger partial charge on any atom is 0.369 e. The average Bonchev–Trinajstić information content (AvgIpc) is 3.04. The third-order valence-corrected chi connectivity index (χ3v) is 2.50. The lowest BCUT2D eigenvalue weighted by Gasteiger charge is -2.06. The zero-order valence-corrected chi connectivity index (χ0v) is 10.4. The van der Waals surface area contributed by atoms with Crippen LogP contribution >= 0.6 is 0 Å². The van der Waals surface area contributed by atoms with Gasteiger partial charge in [0.2, 0.25) is 5.88 Å². The number of nitrogens with one attached hydrogen (secondary N) is 1. The second kappa shape index (κ2) is 4.91. The molecule has 0 radical (unpaired) electrons. The summed E-state index contributed by atoms with van der Waals surface area (Å²) < 4.78 is 14.8. The predicted octanol–water partition coefficient (Wildman–Crippen LogP) is -0.942. The lowest BCUT2D eigenvalue weighted by molar-refractivity contribution is 0.292. The Morgan fingerprint density at radius 2 is 2.40 bits per heavy atom. The highest BCUT2D eigenvalue weighted by Gasteiger charge is 2.13. The molecule has 10 nitrogen and oxygen atoms in total. The largest absolute Gasteiger partial charge is 0.472 e. The highest BCUT2D eigenvalue weighted by atomic mass is 16.5. The first kappa shape index (κ1) is 10.8. The summed E-state index contributed by atoms with van der Waals surface area (Å²) >= 11 is 0. The average molecular weight is 276 g/mol. The first-order valence-electron chi connectivity index (χ1n) is 6.06. The summed E-state index contributed by atoms with van der Waals surface area (Å²) in [5, 5.41) is 12.0. The first-order valence-corrected chi connectivity index (χ1v) is 5.61. The van der Waals surface area contributed by atoms with Crippen molar-refractivity contribution < 1.29 is 6.15 Å². The zero-order chi connectivity index (χ0) is 14.8. The van der Waals surface area contributed by atoms with E-state index in [4.69, 9.17) is 6.15 Å². The molecule has 0 aliphatic heterocycles. The molecule has 0 fully saturated rings. The molecule has 0 unspecified atom stereocenters. The number of tetrazole rings is 1. The molecule has 0 amide bonds. The molecular weight excluding hydrogens is 264 g/mol. The number of aromatic amines is 1. The molecule has 0 saturated carbocycles. The van der Waals surface area contributed by atoms with E-state index >= 15 is 0 Å². The number of aromatic nitrogens is 8. The van der Waals surface area contributed by atoms with Crippen LogP contribution in [0.4, 0.5) is 0 Å². The molecule has 0 atom stereocenters. The fraction of sp³-hybridized carbons (Fsp3) is 0.200. The number of hydrogen-bond acceptors (Lipinski definition) is 7. The number of H-pyrrole nitrogens is 1.